The van der Waals surface area contributed by atoms with Crippen molar-refractivity contribution in [2.75, 3.05) is 24.6 Å². The molecule has 0 aromatic carbocycles. The van der Waals surface area contributed by atoms with Gasteiger partial charge >= 0.3 is 5.97 Å². The molecular formula is C17H22N2O3S2. The molecule has 0 aliphatic carbocycles. The maximum atomic E-state index is 12.5. The average Bonchev–Trinajstić information content (AvgIpc) is 3.06. The standard InChI is InChI=1S/C17H22N2O3S2/c1-10(2)22-17(21)15-11(3)8-19-12(9-24-16(15)19)6-13(20)14-7-18-4-5-23-14/h6,8,10,14,18H,4-5,7,9H2,1-3H3. The van der Waals surface area contributed by atoms with Gasteiger partial charge in [0.25, 0.3) is 0 Å². The molecule has 3 rings (SSSR count). The van der Waals surface area contributed by atoms with E-state index in [2.05, 4.69) is 5.32 Å². The third kappa shape index (κ3) is 3.58. The Balaban J connectivity index is 1.83. The molecule has 1 N–H and O–H groups in total. The van der Waals surface area contributed by atoms with Gasteiger partial charge in [-0.2, -0.15) is 0 Å². The predicted molar refractivity (Wildman–Crippen MR) is 98.8 cm³/mol. The molecule has 5 nitrogen and oxygen atoms in total. The first-order valence-corrected chi connectivity index (χ1v) is 10.1. The molecule has 1 unspecified atom stereocenters. The maximum absolute atomic E-state index is 12.5. The van der Waals surface area contributed by atoms with E-state index in [9.17, 15) is 9.59 Å². The number of thioether (sulfide) groups is 2. The van der Waals surface area contributed by atoms with Crippen LogP contribution in [0.3, 0.4) is 0 Å². The number of carbonyl (C=O) groups excluding carboxylic acids is 2. The highest BCUT2D eigenvalue weighted by Gasteiger charge is 2.29. The van der Waals surface area contributed by atoms with Crippen LogP contribution in [-0.4, -0.2) is 52.3 Å². The van der Waals surface area contributed by atoms with Crippen LogP contribution in [0.2, 0.25) is 0 Å². The quantitative estimate of drug-likeness (QED) is 0.653. The number of allylic oxidation sites excluding steroid dienone is 1. The van der Waals surface area contributed by atoms with E-state index < -0.39 is 0 Å². The van der Waals surface area contributed by atoms with Gasteiger partial charge in [-0.3, -0.25) is 4.79 Å². The van der Waals surface area contributed by atoms with E-state index in [1.54, 1.807) is 29.6 Å². The first-order chi connectivity index (χ1) is 11.5. The first-order valence-electron chi connectivity index (χ1n) is 8.10. The Hall–Kier alpha value is -1.18. The molecule has 1 aromatic heterocycles. The summed E-state index contributed by atoms with van der Waals surface area (Å²) in [6.45, 7) is 7.28. The van der Waals surface area contributed by atoms with Crippen molar-refractivity contribution in [3.63, 3.8) is 0 Å². The number of aromatic nitrogens is 1. The molecule has 7 heteroatoms. The fourth-order valence-electron chi connectivity index (χ4n) is 2.81. The zero-order valence-electron chi connectivity index (χ0n) is 14.1. The number of ether oxygens (including phenoxy) is 1. The van der Waals surface area contributed by atoms with Crippen molar-refractivity contribution in [3.05, 3.63) is 23.4 Å². The molecular weight excluding hydrogens is 344 g/mol. The second-order valence-electron chi connectivity index (χ2n) is 6.21. The Morgan fingerprint density at radius 1 is 1.46 bits per heavy atom. The molecule has 0 bridgehead atoms. The Bertz CT molecular complexity index is 688. The highest BCUT2D eigenvalue weighted by atomic mass is 32.2. The van der Waals surface area contributed by atoms with Crippen molar-refractivity contribution in [3.8, 4) is 0 Å². The summed E-state index contributed by atoms with van der Waals surface area (Å²) in [5, 5.41) is 4.13. The minimum Gasteiger partial charge on any atom is -0.459 e. The number of carbonyl (C=O) groups is 2. The fraction of sp³-hybridized carbons (Fsp3) is 0.529. The Kier molecular flexibility index (Phi) is 5.42. The molecule has 3 heterocycles. The van der Waals surface area contributed by atoms with Gasteiger partial charge in [0, 0.05) is 42.6 Å². The van der Waals surface area contributed by atoms with Crippen LogP contribution in [0.1, 0.15) is 29.8 Å². The number of hydrogen-bond acceptors (Lipinski definition) is 6. The number of esters is 1. The van der Waals surface area contributed by atoms with Gasteiger partial charge in [-0.25, -0.2) is 4.79 Å². The van der Waals surface area contributed by atoms with Gasteiger partial charge in [-0.1, -0.05) is 0 Å². The minimum atomic E-state index is -0.289. The molecule has 1 aromatic rings. The zero-order chi connectivity index (χ0) is 17.3. The van der Waals surface area contributed by atoms with E-state index in [0.29, 0.717) is 11.3 Å². The molecule has 130 valence electrons. The van der Waals surface area contributed by atoms with E-state index >= 15 is 0 Å². The van der Waals surface area contributed by atoms with Gasteiger partial charge in [0.2, 0.25) is 0 Å². The smallest absolute Gasteiger partial charge is 0.341 e. The molecule has 0 spiro atoms. The summed E-state index contributed by atoms with van der Waals surface area (Å²) in [5.41, 5.74) is 2.45. The van der Waals surface area contributed by atoms with Gasteiger partial charge in [0.15, 0.2) is 5.78 Å². The largest absolute Gasteiger partial charge is 0.459 e. The van der Waals surface area contributed by atoms with Crippen molar-refractivity contribution in [2.24, 2.45) is 0 Å². The van der Waals surface area contributed by atoms with Crippen LogP contribution in [-0.2, 0) is 9.53 Å². The van der Waals surface area contributed by atoms with E-state index in [1.165, 1.54) is 0 Å². The highest BCUT2D eigenvalue weighted by molar-refractivity contribution is 8.00. The Morgan fingerprint density at radius 2 is 2.25 bits per heavy atom. The monoisotopic (exact) mass is 366 g/mol. The molecule has 2 aliphatic rings. The van der Waals surface area contributed by atoms with Crippen molar-refractivity contribution in [1.29, 1.82) is 0 Å². The molecule has 1 atom stereocenters. The summed E-state index contributed by atoms with van der Waals surface area (Å²) in [4.78, 5) is 24.8. The van der Waals surface area contributed by atoms with Gasteiger partial charge in [0.1, 0.15) is 0 Å². The summed E-state index contributed by atoms with van der Waals surface area (Å²) in [5.74, 6) is 1.53. The molecule has 1 fully saturated rings. The topological polar surface area (TPSA) is 60.3 Å². The van der Waals surface area contributed by atoms with Crippen LogP contribution in [0, 0.1) is 6.92 Å². The van der Waals surface area contributed by atoms with Crippen LogP contribution in [0.5, 0.6) is 0 Å². The SMILES string of the molecule is Cc1cn2c(c1C(=O)OC(C)C)SCC2=CC(=O)C1CNCCS1. The number of ketones is 1. The molecule has 0 saturated carbocycles. The minimum absolute atomic E-state index is 0.0117. The number of aryl methyl sites for hydroxylation is 1. The summed E-state index contributed by atoms with van der Waals surface area (Å²) >= 11 is 3.30. The number of fused-ring (bicyclic) bond motifs is 1. The van der Waals surface area contributed by atoms with Crippen molar-refractivity contribution in [2.45, 2.75) is 37.2 Å². The maximum Gasteiger partial charge on any atom is 0.341 e. The average molecular weight is 367 g/mol. The van der Waals surface area contributed by atoms with Crippen LogP contribution in [0.4, 0.5) is 0 Å². The highest BCUT2D eigenvalue weighted by Crippen LogP contribution is 2.38. The fourth-order valence-corrected chi connectivity index (χ4v) is 5.03. The molecule has 24 heavy (non-hydrogen) atoms. The predicted octanol–water partition coefficient (Wildman–Crippen LogP) is 2.58. The van der Waals surface area contributed by atoms with E-state index in [4.69, 9.17) is 4.74 Å². The normalized spacial score (nSPS) is 22.0. The lowest BCUT2D eigenvalue weighted by Gasteiger charge is -2.20. The number of hydrogen-bond donors (Lipinski definition) is 1. The lowest BCUT2D eigenvalue weighted by Crippen LogP contribution is -2.36. The zero-order valence-corrected chi connectivity index (χ0v) is 15.8. The van der Waals surface area contributed by atoms with Crippen LogP contribution >= 0.6 is 23.5 Å². The van der Waals surface area contributed by atoms with Gasteiger partial charge < -0.3 is 14.6 Å². The second kappa shape index (κ2) is 7.37. The molecule has 1 saturated heterocycles. The lowest BCUT2D eigenvalue weighted by molar-refractivity contribution is -0.114. The van der Waals surface area contributed by atoms with Gasteiger partial charge in [0.05, 0.1) is 21.9 Å². The Labute approximate surface area is 150 Å². The van der Waals surface area contributed by atoms with Crippen molar-refractivity contribution < 1.29 is 14.3 Å². The van der Waals surface area contributed by atoms with Gasteiger partial charge in [-0.15, -0.1) is 23.5 Å². The van der Waals surface area contributed by atoms with Crippen LogP contribution in [0.15, 0.2) is 17.3 Å². The lowest BCUT2D eigenvalue weighted by atomic mass is 10.2. The second-order valence-corrected chi connectivity index (χ2v) is 8.48. The third-order valence-electron chi connectivity index (χ3n) is 3.92. The number of nitrogens with one attached hydrogen (secondary N) is 1. The van der Waals surface area contributed by atoms with Crippen molar-refractivity contribution >= 4 is 41.0 Å². The summed E-state index contributed by atoms with van der Waals surface area (Å²) < 4.78 is 7.32. The van der Waals surface area contributed by atoms with Crippen LogP contribution < -0.4 is 5.32 Å². The first kappa shape index (κ1) is 17.6. The van der Waals surface area contributed by atoms with Crippen LogP contribution in [0.25, 0.3) is 5.70 Å². The number of rotatable bonds is 4. The summed E-state index contributed by atoms with van der Waals surface area (Å²) in [6.07, 6.45) is 3.52. The van der Waals surface area contributed by atoms with E-state index in [-0.39, 0.29) is 23.1 Å². The molecule has 0 radical (unpaired) electrons. The Morgan fingerprint density at radius 3 is 2.92 bits per heavy atom. The van der Waals surface area contributed by atoms with Crippen molar-refractivity contribution in [1.82, 2.24) is 9.88 Å². The number of nitrogens with zero attached hydrogens (tertiary/aromatic N) is 1. The molecule has 0 amide bonds. The summed E-state index contributed by atoms with van der Waals surface area (Å²) in [7, 11) is 0. The van der Waals surface area contributed by atoms with Gasteiger partial charge in [-0.05, 0) is 26.3 Å². The molecule has 2 aliphatic heterocycles. The third-order valence-corrected chi connectivity index (χ3v) is 6.27. The van der Waals surface area contributed by atoms with E-state index in [0.717, 1.165) is 35.1 Å². The van der Waals surface area contributed by atoms with E-state index in [1.807, 2.05) is 31.5 Å². The summed E-state index contributed by atoms with van der Waals surface area (Å²) in [6, 6.07) is 0.